The van der Waals surface area contributed by atoms with Crippen molar-refractivity contribution in [1.82, 2.24) is 25.0 Å². The molecule has 3 heterocycles. The number of anilines is 2. The molecule has 4 aromatic rings. The Morgan fingerprint density at radius 3 is 2.71 bits per heavy atom. The third-order valence-electron chi connectivity index (χ3n) is 14.0. The highest BCUT2D eigenvalue weighted by Crippen LogP contribution is 2.61. The van der Waals surface area contributed by atoms with Crippen molar-refractivity contribution in [2.45, 2.75) is 116 Å². The zero-order valence-corrected chi connectivity index (χ0v) is 32.5. The average molecular weight is 752 g/mol. The van der Waals surface area contributed by atoms with Crippen LogP contribution in [0.4, 0.5) is 15.8 Å². The SMILES string of the molecule is CCC[C@H](OCCCC(=O)Nc1ccc(C2Nc3cc(F)cc4c(=O)[nH]nc(c34)C2c2ncnn2C)cc1)[C@@]1(C)CCC2[C@@H](CCC3CC(=O)CC[C@@]32C)C1. The number of nitrogens with zero attached hydrogens (tertiary/aromatic N) is 4. The van der Waals surface area contributed by atoms with E-state index in [4.69, 9.17) is 4.74 Å². The minimum Gasteiger partial charge on any atom is -0.378 e. The molecule has 1 amide bonds. The lowest BCUT2D eigenvalue weighted by molar-refractivity contribution is -0.140. The number of hydrogen-bond donors (Lipinski definition) is 3. The molecule has 8 rings (SSSR count). The van der Waals surface area contributed by atoms with Crippen LogP contribution in [0.5, 0.6) is 0 Å². The minimum atomic E-state index is -0.522. The molecule has 0 saturated heterocycles. The van der Waals surface area contributed by atoms with Crippen molar-refractivity contribution >= 4 is 33.8 Å². The Morgan fingerprint density at radius 2 is 1.95 bits per heavy atom. The number of ether oxygens (including phenoxy) is 1. The van der Waals surface area contributed by atoms with E-state index in [2.05, 4.69) is 51.7 Å². The molecule has 55 heavy (non-hydrogen) atoms. The first-order chi connectivity index (χ1) is 26.5. The number of carbonyl (C=O) groups excluding carboxylic acids is 2. The number of aromatic amines is 1. The van der Waals surface area contributed by atoms with Gasteiger partial charge in [0.1, 0.15) is 23.8 Å². The van der Waals surface area contributed by atoms with E-state index in [1.165, 1.54) is 44.1 Å². The number of aromatic nitrogens is 5. The van der Waals surface area contributed by atoms with Crippen molar-refractivity contribution in [3.05, 3.63) is 76.0 Å². The summed E-state index contributed by atoms with van der Waals surface area (Å²) < 4.78 is 23.0. The normalized spacial score (nSPS) is 29.3. The van der Waals surface area contributed by atoms with Gasteiger partial charge in [-0.15, -0.1) is 0 Å². The molecule has 4 unspecified atom stereocenters. The maximum atomic E-state index is 14.7. The fourth-order valence-corrected chi connectivity index (χ4v) is 11.1. The van der Waals surface area contributed by atoms with E-state index in [9.17, 15) is 18.8 Å². The second kappa shape index (κ2) is 14.9. The van der Waals surface area contributed by atoms with Crippen LogP contribution in [0, 0.1) is 34.4 Å². The molecule has 12 heteroatoms. The zero-order chi connectivity index (χ0) is 38.5. The fourth-order valence-electron chi connectivity index (χ4n) is 11.1. The van der Waals surface area contributed by atoms with Gasteiger partial charge in [0.15, 0.2) is 0 Å². The number of ketones is 1. The lowest BCUT2D eigenvalue weighted by Gasteiger charge is -2.58. The maximum absolute atomic E-state index is 14.7. The molecule has 3 fully saturated rings. The van der Waals surface area contributed by atoms with Crippen molar-refractivity contribution in [3.8, 4) is 0 Å². The number of halogens is 1. The van der Waals surface area contributed by atoms with Crippen LogP contribution in [0.25, 0.3) is 10.8 Å². The van der Waals surface area contributed by atoms with E-state index in [-0.39, 0.29) is 22.8 Å². The number of carbonyl (C=O) groups is 2. The van der Waals surface area contributed by atoms with E-state index in [1.54, 1.807) is 11.7 Å². The van der Waals surface area contributed by atoms with Gasteiger partial charge in [-0.1, -0.05) is 39.3 Å². The first-order valence-electron chi connectivity index (χ1n) is 20.3. The van der Waals surface area contributed by atoms with Gasteiger partial charge < -0.3 is 15.4 Å². The van der Waals surface area contributed by atoms with Gasteiger partial charge in [0.2, 0.25) is 5.91 Å². The van der Waals surface area contributed by atoms with Gasteiger partial charge in [-0.2, -0.15) is 10.2 Å². The van der Waals surface area contributed by atoms with Crippen molar-refractivity contribution < 1.29 is 18.7 Å². The Morgan fingerprint density at radius 1 is 1.13 bits per heavy atom. The highest BCUT2D eigenvalue weighted by molar-refractivity contribution is 5.97. The van der Waals surface area contributed by atoms with E-state index >= 15 is 0 Å². The second-order valence-corrected chi connectivity index (χ2v) is 17.4. The van der Waals surface area contributed by atoms with Crippen molar-refractivity contribution in [2.24, 2.45) is 35.6 Å². The van der Waals surface area contributed by atoms with Crippen LogP contribution in [0.3, 0.4) is 0 Å². The molecule has 3 saturated carbocycles. The topological polar surface area (TPSA) is 144 Å². The highest BCUT2D eigenvalue weighted by atomic mass is 19.1. The standard InChI is InChI=1S/C43H54FN7O4/c1-5-7-34(42(2)17-16-32-26(23-42)9-12-27-20-30(52)15-18-43(27,32)3)55-19-6-8-35(53)47-29-13-10-25(11-14-29)38-37(40-45-24-46-51(40)4)39-36-31(41(54)50-49-39)21-28(44)22-33(36)48-38/h10-11,13-14,21-22,24,26-27,32,34,37-38,48H,5-9,12,15-20,23H2,1-4H3,(H,47,53)(H,50,54)/t26-,27?,32?,34-,37?,38?,42-,43-/m0/s1. The third kappa shape index (κ3) is 7.00. The number of nitrogens with one attached hydrogen (secondary N) is 3. The molecular formula is C43H54FN7O4. The summed E-state index contributed by atoms with van der Waals surface area (Å²) in [5, 5.41) is 18.5. The minimum absolute atomic E-state index is 0.0666. The summed E-state index contributed by atoms with van der Waals surface area (Å²) >= 11 is 0. The van der Waals surface area contributed by atoms with Gasteiger partial charge in [0, 0.05) is 49.7 Å². The number of amides is 1. The summed E-state index contributed by atoms with van der Waals surface area (Å²) in [6, 6.07) is 9.78. The number of hydrogen-bond acceptors (Lipinski definition) is 8. The molecule has 4 aliphatic rings. The number of benzene rings is 2. The molecule has 3 N–H and O–H groups in total. The predicted octanol–water partition coefficient (Wildman–Crippen LogP) is 7.99. The lowest BCUT2D eigenvalue weighted by Crippen LogP contribution is -2.52. The summed E-state index contributed by atoms with van der Waals surface area (Å²) in [7, 11) is 1.80. The quantitative estimate of drug-likeness (QED) is 0.131. The molecular weight excluding hydrogens is 698 g/mol. The van der Waals surface area contributed by atoms with Gasteiger partial charge in [-0.25, -0.2) is 14.5 Å². The molecule has 8 atom stereocenters. The van der Waals surface area contributed by atoms with E-state index < -0.39 is 23.3 Å². The largest absolute Gasteiger partial charge is 0.378 e. The summed E-state index contributed by atoms with van der Waals surface area (Å²) in [5.41, 5.74) is 2.57. The fraction of sp³-hybridized carbons (Fsp3) is 0.581. The first-order valence-corrected chi connectivity index (χ1v) is 20.3. The van der Waals surface area contributed by atoms with Gasteiger partial charge in [-0.05, 0) is 110 Å². The lowest BCUT2D eigenvalue weighted by atomic mass is 9.47. The maximum Gasteiger partial charge on any atom is 0.272 e. The van der Waals surface area contributed by atoms with Crippen LogP contribution in [-0.2, 0) is 21.4 Å². The number of fused-ring (bicyclic) bond motifs is 3. The number of Topliss-reactive ketones (excluding diaryl/α,β-unsaturated/α-hetero) is 1. The van der Waals surface area contributed by atoms with Crippen LogP contribution in [0.2, 0.25) is 0 Å². The molecule has 292 valence electrons. The molecule has 1 aliphatic heterocycles. The highest BCUT2D eigenvalue weighted by Gasteiger charge is 2.54. The second-order valence-electron chi connectivity index (χ2n) is 17.4. The van der Waals surface area contributed by atoms with Crippen LogP contribution in [0.1, 0.15) is 127 Å². The third-order valence-corrected chi connectivity index (χ3v) is 14.0. The zero-order valence-electron chi connectivity index (χ0n) is 32.5. The Kier molecular flexibility index (Phi) is 10.1. The van der Waals surface area contributed by atoms with E-state index in [0.717, 1.165) is 44.1 Å². The molecule has 0 radical (unpaired) electrons. The molecule has 0 spiro atoms. The van der Waals surface area contributed by atoms with E-state index in [0.29, 0.717) is 76.7 Å². The Bertz CT molecular complexity index is 2130. The summed E-state index contributed by atoms with van der Waals surface area (Å²) in [4.78, 5) is 42.5. The Balaban J connectivity index is 0.884. The van der Waals surface area contributed by atoms with Crippen molar-refractivity contribution in [2.75, 3.05) is 17.2 Å². The molecule has 0 bridgehead atoms. The summed E-state index contributed by atoms with van der Waals surface area (Å²) in [6.07, 6.45) is 13.4. The Labute approximate surface area is 321 Å². The number of H-pyrrole nitrogens is 1. The summed E-state index contributed by atoms with van der Waals surface area (Å²) in [6.45, 7) is 7.70. The smallest absolute Gasteiger partial charge is 0.272 e. The van der Waals surface area contributed by atoms with E-state index in [1.807, 2.05) is 24.3 Å². The van der Waals surface area contributed by atoms with Crippen LogP contribution in [-0.4, -0.2) is 49.4 Å². The van der Waals surface area contributed by atoms with Gasteiger partial charge in [-0.3, -0.25) is 19.1 Å². The van der Waals surface area contributed by atoms with Crippen LogP contribution < -0.4 is 16.2 Å². The Hall–Kier alpha value is -4.45. The van der Waals surface area contributed by atoms with Crippen molar-refractivity contribution in [1.29, 1.82) is 0 Å². The molecule has 2 aromatic heterocycles. The monoisotopic (exact) mass is 751 g/mol. The van der Waals surface area contributed by atoms with Crippen LogP contribution >= 0.6 is 0 Å². The number of rotatable bonds is 11. The molecule has 2 aromatic carbocycles. The van der Waals surface area contributed by atoms with Gasteiger partial charge in [0.25, 0.3) is 5.56 Å². The predicted molar refractivity (Wildman–Crippen MR) is 209 cm³/mol. The molecule has 3 aliphatic carbocycles. The van der Waals surface area contributed by atoms with Gasteiger partial charge >= 0.3 is 0 Å². The van der Waals surface area contributed by atoms with Crippen molar-refractivity contribution in [3.63, 3.8) is 0 Å². The summed E-state index contributed by atoms with van der Waals surface area (Å²) in [5.74, 6) is 2.05. The average Bonchev–Trinajstić information content (AvgIpc) is 3.59. The van der Waals surface area contributed by atoms with Crippen LogP contribution in [0.15, 0.2) is 47.5 Å². The van der Waals surface area contributed by atoms with Gasteiger partial charge in [0.05, 0.1) is 29.1 Å². The first kappa shape index (κ1) is 37.5. The number of aryl methyl sites for hydroxylation is 1. The molecule has 11 nitrogen and oxygen atoms in total.